The minimum Gasteiger partial charge on any atom is -0.356 e. The quantitative estimate of drug-likeness (QED) is 0.359. The second-order valence-corrected chi connectivity index (χ2v) is 5.68. The molecule has 0 aromatic carbocycles. The smallest absolute Gasteiger partial charge is 0.193 e. The summed E-state index contributed by atoms with van der Waals surface area (Å²) in [5.74, 6) is 1.48. The normalized spacial score (nSPS) is 13.1. The summed E-state index contributed by atoms with van der Waals surface area (Å²) < 4.78 is 0. The van der Waals surface area contributed by atoms with Crippen LogP contribution in [-0.4, -0.2) is 38.0 Å². The fourth-order valence-corrected chi connectivity index (χ4v) is 2.67. The summed E-state index contributed by atoms with van der Waals surface area (Å²) in [5, 5.41) is 5.57. The van der Waals surface area contributed by atoms with Crippen LogP contribution in [0.4, 0.5) is 0 Å². The van der Waals surface area contributed by atoms with E-state index >= 15 is 0 Å². The van der Waals surface area contributed by atoms with Gasteiger partial charge in [0.25, 0.3) is 0 Å². The first-order valence-corrected chi connectivity index (χ1v) is 7.63. The van der Waals surface area contributed by atoms with Crippen LogP contribution >= 0.6 is 11.3 Å². The third kappa shape index (κ3) is 5.47. The molecule has 1 unspecified atom stereocenters. The molecular weight excluding hydrogens is 254 g/mol. The van der Waals surface area contributed by atoms with Crippen LogP contribution in [0.15, 0.2) is 35.2 Å². The Hall–Kier alpha value is -1.29. The minimum absolute atomic E-state index is 0.512. The molecule has 1 aromatic heterocycles. The van der Waals surface area contributed by atoms with Gasteiger partial charge >= 0.3 is 0 Å². The fraction of sp³-hybridized carbons (Fsp3) is 0.533. The Kier molecular flexibility index (Phi) is 7.26. The molecule has 1 rings (SSSR count). The van der Waals surface area contributed by atoms with E-state index in [1.54, 1.807) is 0 Å². The van der Waals surface area contributed by atoms with E-state index in [1.807, 2.05) is 24.5 Å². The third-order valence-electron chi connectivity index (χ3n) is 3.07. The second-order valence-electron chi connectivity index (χ2n) is 4.70. The molecule has 0 saturated carbocycles. The largest absolute Gasteiger partial charge is 0.356 e. The highest BCUT2D eigenvalue weighted by molar-refractivity contribution is 7.10. The van der Waals surface area contributed by atoms with Crippen molar-refractivity contribution in [3.8, 4) is 0 Å². The lowest BCUT2D eigenvalue weighted by atomic mass is 10.1. The van der Waals surface area contributed by atoms with Crippen molar-refractivity contribution in [2.75, 3.05) is 27.2 Å². The molecule has 1 atom stereocenters. The Morgan fingerprint density at radius 1 is 1.63 bits per heavy atom. The first-order valence-electron chi connectivity index (χ1n) is 6.75. The zero-order valence-electron chi connectivity index (χ0n) is 12.2. The maximum Gasteiger partial charge on any atom is 0.193 e. The van der Waals surface area contributed by atoms with Gasteiger partial charge in [-0.25, -0.2) is 0 Å². The van der Waals surface area contributed by atoms with Crippen LogP contribution in [0, 0.1) is 0 Å². The number of unbranched alkanes of at least 4 members (excludes halogenated alkanes) is 1. The van der Waals surface area contributed by atoms with E-state index in [9.17, 15) is 0 Å². The number of allylic oxidation sites excluding steroid dienone is 1. The summed E-state index contributed by atoms with van der Waals surface area (Å²) in [6.07, 6.45) is 4.12. The Labute approximate surface area is 121 Å². The van der Waals surface area contributed by atoms with Crippen molar-refractivity contribution in [3.05, 3.63) is 35.0 Å². The van der Waals surface area contributed by atoms with Crippen LogP contribution in [0.3, 0.4) is 0 Å². The highest BCUT2D eigenvalue weighted by Crippen LogP contribution is 2.19. The summed E-state index contributed by atoms with van der Waals surface area (Å²) in [6.45, 7) is 7.90. The van der Waals surface area contributed by atoms with Crippen molar-refractivity contribution in [2.24, 2.45) is 4.99 Å². The molecule has 0 aliphatic rings. The molecule has 1 aromatic rings. The number of guanidine groups is 1. The molecule has 4 heteroatoms. The van der Waals surface area contributed by atoms with Crippen LogP contribution in [0.2, 0.25) is 0 Å². The van der Waals surface area contributed by atoms with E-state index in [4.69, 9.17) is 0 Å². The zero-order valence-corrected chi connectivity index (χ0v) is 13.0. The number of nitrogens with one attached hydrogen (secondary N) is 1. The highest BCUT2D eigenvalue weighted by Gasteiger charge is 2.09. The lowest BCUT2D eigenvalue weighted by Crippen LogP contribution is -2.40. The molecule has 0 aliphatic heterocycles. The van der Waals surface area contributed by atoms with Crippen molar-refractivity contribution in [2.45, 2.75) is 25.7 Å². The molecule has 1 N–H and O–H groups in total. The summed E-state index contributed by atoms with van der Waals surface area (Å²) >= 11 is 1.81. The molecular formula is C15H25N3S. The lowest BCUT2D eigenvalue weighted by molar-refractivity contribution is 0.467. The molecule has 19 heavy (non-hydrogen) atoms. The monoisotopic (exact) mass is 279 g/mol. The van der Waals surface area contributed by atoms with E-state index in [1.165, 1.54) is 4.88 Å². The van der Waals surface area contributed by atoms with Gasteiger partial charge in [0.15, 0.2) is 5.96 Å². The average molecular weight is 279 g/mol. The standard InChI is InChI=1S/C15H25N3S/c1-5-6-7-10-18(4)15(16-3)17-12-13(2)14-9-8-11-19-14/h5,8-9,11,13H,1,6-7,10,12H2,2-4H3,(H,16,17). The van der Waals surface area contributed by atoms with E-state index in [0.717, 1.165) is 31.9 Å². The minimum atomic E-state index is 0.512. The zero-order chi connectivity index (χ0) is 14.1. The lowest BCUT2D eigenvalue weighted by Gasteiger charge is -2.23. The van der Waals surface area contributed by atoms with Crippen LogP contribution < -0.4 is 5.32 Å². The van der Waals surface area contributed by atoms with Crippen molar-refractivity contribution in [1.82, 2.24) is 10.2 Å². The van der Waals surface area contributed by atoms with Crippen LogP contribution in [0.5, 0.6) is 0 Å². The van der Waals surface area contributed by atoms with Crippen LogP contribution in [-0.2, 0) is 0 Å². The summed E-state index contributed by atoms with van der Waals surface area (Å²) in [5.41, 5.74) is 0. The Bertz CT molecular complexity index is 384. The van der Waals surface area contributed by atoms with E-state index in [-0.39, 0.29) is 0 Å². The van der Waals surface area contributed by atoms with Crippen LogP contribution in [0.25, 0.3) is 0 Å². The maximum absolute atomic E-state index is 4.33. The third-order valence-corrected chi connectivity index (χ3v) is 4.17. The molecule has 1 heterocycles. The molecule has 0 fully saturated rings. The van der Waals surface area contributed by atoms with Gasteiger partial charge < -0.3 is 10.2 Å². The Balaban J connectivity index is 2.38. The van der Waals surface area contributed by atoms with Gasteiger partial charge in [-0.2, -0.15) is 0 Å². The first kappa shape index (κ1) is 15.8. The molecule has 0 aliphatic carbocycles. The SMILES string of the molecule is C=CCCCN(C)C(=NC)NCC(C)c1cccs1. The van der Waals surface area contributed by atoms with Gasteiger partial charge in [-0.1, -0.05) is 19.1 Å². The predicted octanol–water partition coefficient (Wildman–Crippen LogP) is 3.33. The van der Waals surface area contributed by atoms with E-state index in [0.29, 0.717) is 5.92 Å². The molecule has 0 spiro atoms. The van der Waals surface area contributed by atoms with Crippen molar-refractivity contribution in [3.63, 3.8) is 0 Å². The van der Waals surface area contributed by atoms with E-state index in [2.05, 4.69) is 53.3 Å². The van der Waals surface area contributed by atoms with E-state index < -0.39 is 0 Å². The van der Waals surface area contributed by atoms with Gasteiger partial charge in [0.05, 0.1) is 0 Å². The first-order chi connectivity index (χ1) is 9.19. The van der Waals surface area contributed by atoms with Crippen molar-refractivity contribution in [1.29, 1.82) is 0 Å². The molecule has 106 valence electrons. The number of nitrogens with zero attached hydrogens (tertiary/aromatic N) is 2. The molecule has 3 nitrogen and oxygen atoms in total. The summed E-state index contributed by atoms with van der Waals surface area (Å²) in [4.78, 5) is 7.91. The number of aliphatic imine (C=N–C) groups is 1. The molecule has 0 radical (unpaired) electrons. The Morgan fingerprint density at radius 3 is 3.00 bits per heavy atom. The van der Waals surface area contributed by atoms with Crippen LogP contribution in [0.1, 0.15) is 30.6 Å². The molecule has 0 amide bonds. The summed E-state index contributed by atoms with van der Waals surface area (Å²) in [7, 11) is 3.91. The summed E-state index contributed by atoms with van der Waals surface area (Å²) in [6, 6.07) is 4.29. The van der Waals surface area contributed by atoms with Gasteiger partial charge in [0.2, 0.25) is 0 Å². The van der Waals surface area contributed by atoms with Gasteiger partial charge in [-0.3, -0.25) is 4.99 Å². The van der Waals surface area contributed by atoms with Gasteiger partial charge in [-0.05, 0) is 24.3 Å². The number of hydrogen-bond donors (Lipinski definition) is 1. The maximum atomic E-state index is 4.33. The highest BCUT2D eigenvalue weighted by atomic mass is 32.1. The van der Waals surface area contributed by atoms with Crippen molar-refractivity contribution >= 4 is 17.3 Å². The molecule has 0 bridgehead atoms. The second kappa shape index (κ2) is 8.75. The number of thiophene rings is 1. The van der Waals surface area contributed by atoms with Gasteiger partial charge in [-0.15, -0.1) is 17.9 Å². The number of rotatable bonds is 7. The number of hydrogen-bond acceptors (Lipinski definition) is 2. The molecule has 0 saturated heterocycles. The average Bonchev–Trinajstić information content (AvgIpc) is 2.93. The topological polar surface area (TPSA) is 27.6 Å². The van der Waals surface area contributed by atoms with Crippen molar-refractivity contribution < 1.29 is 0 Å². The van der Waals surface area contributed by atoms with Gasteiger partial charge in [0, 0.05) is 38.0 Å². The predicted molar refractivity (Wildman–Crippen MR) is 86.2 cm³/mol. The van der Waals surface area contributed by atoms with Gasteiger partial charge in [0.1, 0.15) is 0 Å². The fourth-order valence-electron chi connectivity index (χ4n) is 1.88. The Morgan fingerprint density at radius 2 is 2.42 bits per heavy atom.